The second-order valence-corrected chi connectivity index (χ2v) is 13.3. The summed E-state index contributed by atoms with van der Waals surface area (Å²) in [5.74, 6) is 0.0513. The van der Waals surface area contributed by atoms with Gasteiger partial charge in [0.2, 0.25) is 5.91 Å². The summed E-state index contributed by atoms with van der Waals surface area (Å²) in [7, 11) is 0. The Morgan fingerprint density at radius 3 is 2.25 bits per heavy atom. The Morgan fingerprint density at radius 2 is 1.64 bits per heavy atom. The van der Waals surface area contributed by atoms with Crippen LogP contribution in [0, 0.1) is 13.8 Å². The minimum absolute atomic E-state index is 0.302. The summed E-state index contributed by atoms with van der Waals surface area (Å²) < 4.78 is 5.52. The zero-order valence-corrected chi connectivity index (χ0v) is 28.6. The molecule has 0 radical (unpaired) electrons. The van der Waals surface area contributed by atoms with Crippen LogP contribution in [0.2, 0.25) is 0 Å². The molecule has 0 saturated heterocycles. The topological polar surface area (TPSA) is 87.7 Å². The van der Waals surface area contributed by atoms with E-state index in [4.69, 9.17) is 4.74 Å². The van der Waals surface area contributed by atoms with Crippen molar-refractivity contribution in [1.82, 2.24) is 10.2 Å². The van der Waals surface area contributed by atoms with Gasteiger partial charge in [0.1, 0.15) is 17.7 Å². The first-order valence-electron chi connectivity index (χ1n) is 15.8. The van der Waals surface area contributed by atoms with Gasteiger partial charge in [0.05, 0.1) is 0 Å². The number of alkyl carbamates (subject to hydrolysis) is 1. The fourth-order valence-electron chi connectivity index (χ4n) is 5.10. The van der Waals surface area contributed by atoms with Crippen LogP contribution in [-0.2, 0) is 14.3 Å². The van der Waals surface area contributed by atoms with E-state index in [1.165, 1.54) is 6.42 Å². The van der Waals surface area contributed by atoms with Crippen molar-refractivity contribution < 1.29 is 19.1 Å². The van der Waals surface area contributed by atoms with Crippen molar-refractivity contribution in [3.8, 4) is 0 Å². The number of nitrogens with one attached hydrogen (secondary N) is 2. The third-order valence-electron chi connectivity index (χ3n) is 7.39. The quantitative estimate of drug-likeness (QED) is 0.173. The van der Waals surface area contributed by atoms with Gasteiger partial charge in [0.15, 0.2) is 0 Å². The van der Waals surface area contributed by atoms with Crippen LogP contribution >= 0.6 is 11.8 Å². The summed E-state index contributed by atoms with van der Waals surface area (Å²) in [6.07, 6.45) is 9.66. The van der Waals surface area contributed by atoms with Gasteiger partial charge in [-0.15, -0.1) is 0 Å². The Balaban J connectivity index is 2.58. The number of amides is 3. The molecule has 0 bridgehead atoms. The molecule has 3 amide bonds. The van der Waals surface area contributed by atoms with Crippen LogP contribution in [0.15, 0.2) is 49.0 Å². The van der Waals surface area contributed by atoms with Crippen LogP contribution in [0.3, 0.4) is 0 Å². The molecule has 0 fully saturated rings. The molecule has 2 aromatic rings. The molecule has 0 aliphatic carbocycles. The first-order chi connectivity index (χ1) is 20.9. The van der Waals surface area contributed by atoms with Gasteiger partial charge in [-0.05, 0) is 87.8 Å². The highest BCUT2D eigenvalue weighted by Crippen LogP contribution is 2.29. The number of carbonyl (C=O) groups is 3. The zero-order valence-electron chi connectivity index (χ0n) is 27.8. The largest absolute Gasteiger partial charge is 0.444 e. The molecule has 0 aromatic heterocycles. The first kappa shape index (κ1) is 36.9. The van der Waals surface area contributed by atoms with Crippen molar-refractivity contribution in [2.45, 2.75) is 104 Å². The van der Waals surface area contributed by atoms with Crippen LogP contribution < -0.4 is 10.6 Å². The van der Waals surface area contributed by atoms with Gasteiger partial charge in [-0.2, -0.15) is 11.8 Å². The minimum atomic E-state index is -0.922. The number of thioether (sulfide) groups is 1. The monoisotopic (exact) mass is 623 g/mol. The lowest BCUT2D eigenvalue weighted by atomic mass is 9.98. The van der Waals surface area contributed by atoms with Crippen molar-refractivity contribution in [2.75, 3.05) is 23.9 Å². The fourth-order valence-corrected chi connectivity index (χ4v) is 5.58. The molecule has 44 heavy (non-hydrogen) atoms. The summed E-state index contributed by atoms with van der Waals surface area (Å²) in [5, 5.41) is 5.98. The minimum Gasteiger partial charge on any atom is -0.444 e. The lowest BCUT2D eigenvalue weighted by Gasteiger charge is -2.35. The normalized spacial score (nSPS) is 12.6. The Morgan fingerprint density at radius 1 is 1.00 bits per heavy atom. The molecule has 2 rings (SSSR count). The van der Waals surface area contributed by atoms with E-state index >= 15 is 0 Å². The van der Waals surface area contributed by atoms with E-state index in [9.17, 15) is 14.4 Å². The van der Waals surface area contributed by atoms with Crippen molar-refractivity contribution in [3.05, 3.63) is 71.3 Å². The second kappa shape index (κ2) is 18.5. The van der Waals surface area contributed by atoms with Crippen molar-refractivity contribution in [2.24, 2.45) is 0 Å². The molecule has 242 valence electrons. The smallest absolute Gasteiger partial charge is 0.408 e. The van der Waals surface area contributed by atoms with Crippen molar-refractivity contribution in [3.63, 3.8) is 0 Å². The number of rotatable bonds is 17. The maximum absolute atomic E-state index is 14.5. The van der Waals surface area contributed by atoms with Crippen LogP contribution in [0.25, 0.3) is 6.08 Å². The number of benzene rings is 2. The molecule has 0 saturated carbocycles. The van der Waals surface area contributed by atoms with Gasteiger partial charge in [-0.3, -0.25) is 9.59 Å². The van der Waals surface area contributed by atoms with Gasteiger partial charge >= 0.3 is 6.09 Å². The summed E-state index contributed by atoms with van der Waals surface area (Å²) in [5.41, 5.74) is 3.44. The van der Waals surface area contributed by atoms with E-state index in [0.29, 0.717) is 24.3 Å². The van der Waals surface area contributed by atoms with Crippen molar-refractivity contribution in [1.29, 1.82) is 0 Å². The lowest BCUT2D eigenvalue weighted by Crippen LogP contribution is -2.52. The molecule has 0 heterocycles. The molecule has 2 atom stereocenters. The Kier molecular flexibility index (Phi) is 15.5. The van der Waals surface area contributed by atoms with E-state index in [2.05, 4.69) is 24.1 Å². The molecule has 8 heteroatoms. The number of carbonyl (C=O) groups excluding carboxylic acids is 3. The standard InChI is InChI=1S/C36H53N3O4S/c1-9-11-12-13-14-15-23-39(34(41)30(22-24-44-8)37-35(42)43-36(5,6)7)32(29-21-17-20-28(10-2)25-29)33(40)38-31-26(3)18-16-19-27(31)4/h10,16-21,25,30,32H,2,9,11-15,22-24H2,1,3-8H3,(H,37,42)(H,38,40). The lowest BCUT2D eigenvalue weighted by molar-refractivity contribution is -0.141. The molecule has 0 spiro atoms. The average Bonchev–Trinajstić information content (AvgIpc) is 2.97. The number of aryl methyl sites for hydroxylation is 2. The number of anilines is 1. The summed E-state index contributed by atoms with van der Waals surface area (Å²) >= 11 is 1.60. The number of para-hydroxylation sites is 1. The summed E-state index contributed by atoms with van der Waals surface area (Å²) in [6, 6.07) is 11.7. The fraction of sp³-hybridized carbons (Fsp3) is 0.528. The van der Waals surface area contributed by atoms with E-state index < -0.39 is 23.8 Å². The van der Waals surface area contributed by atoms with Crippen LogP contribution in [0.4, 0.5) is 10.5 Å². The molecule has 0 aliphatic rings. The molecule has 7 nitrogen and oxygen atoms in total. The predicted octanol–water partition coefficient (Wildman–Crippen LogP) is 8.46. The Bertz CT molecular complexity index is 1220. The summed E-state index contributed by atoms with van der Waals surface area (Å²) in [4.78, 5) is 43.4. The highest BCUT2D eigenvalue weighted by atomic mass is 32.2. The highest BCUT2D eigenvalue weighted by molar-refractivity contribution is 7.98. The maximum atomic E-state index is 14.5. The molecule has 2 unspecified atom stereocenters. The van der Waals surface area contributed by atoms with E-state index in [0.717, 1.165) is 54.5 Å². The van der Waals surface area contributed by atoms with Gasteiger partial charge in [-0.25, -0.2) is 4.79 Å². The Hall–Kier alpha value is -3.26. The van der Waals surface area contributed by atoms with Crippen LogP contribution in [0.5, 0.6) is 0 Å². The predicted molar refractivity (Wildman–Crippen MR) is 185 cm³/mol. The maximum Gasteiger partial charge on any atom is 0.408 e. The molecule has 2 N–H and O–H groups in total. The molecule has 0 aliphatic heterocycles. The number of nitrogens with zero attached hydrogens (tertiary/aromatic N) is 1. The number of hydrogen-bond acceptors (Lipinski definition) is 5. The van der Waals surface area contributed by atoms with E-state index in [-0.39, 0.29) is 11.8 Å². The van der Waals surface area contributed by atoms with E-state index in [1.54, 1.807) is 43.5 Å². The number of unbranched alkanes of at least 4 members (excludes halogenated alkanes) is 5. The molecule has 2 aromatic carbocycles. The SMILES string of the molecule is C=Cc1cccc(C(C(=O)Nc2c(C)cccc2C)N(CCCCCCCC)C(=O)C(CCSC)NC(=O)OC(C)(C)C)c1. The third-order valence-corrected chi connectivity index (χ3v) is 8.03. The average molecular weight is 624 g/mol. The number of hydrogen-bond donors (Lipinski definition) is 2. The number of ether oxygens (including phenoxy) is 1. The van der Waals surface area contributed by atoms with Crippen LogP contribution in [0.1, 0.15) is 101 Å². The van der Waals surface area contributed by atoms with Gasteiger partial charge in [0.25, 0.3) is 5.91 Å². The Labute approximate surface area is 269 Å². The first-order valence-corrected chi connectivity index (χ1v) is 17.2. The van der Waals surface area contributed by atoms with Gasteiger partial charge in [-0.1, -0.05) is 88.1 Å². The van der Waals surface area contributed by atoms with E-state index in [1.807, 2.05) is 62.6 Å². The van der Waals surface area contributed by atoms with Crippen LogP contribution in [-0.4, -0.2) is 53.0 Å². The summed E-state index contributed by atoms with van der Waals surface area (Å²) in [6.45, 7) is 15.7. The van der Waals surface area contributed by atoms with Crippen molar-refractivity contribution >= 4 is 41.4 Å². The zero-order chi connectivity index (χ0) is 32.7. The van der Waals surface area contributed by atoms with Gasteiger partial charge in [0, 0.05) is 12.2 Å². The molecular formula is C36H53N3O4S. The molecular weight excluding hydrogens is 570 g/mol. The highest BCUT2D eigenvalue weighted by Gasteiger charge is 2.36. The third kappa shape index (κ3) is 12.0. The second-order valence-electron chi connectivity index (χ2n) is 12.3. The van der Waals surface area contributed by atoms with Gasteiger partial charge < -0.3 is 20.3 Å².